The first-order valence-electron chi connectivity index (χ1n) is 6.79. The SMILES string of the molecule is CC(C)(C)OC(=O)Nc1sccc1C(=O)Nc1ccccc1. The Bertz CT molecular complexity index is 660. The quantitative estimate of drug-likeness (QED) is 0.884. The van der Waals surface area contributed by atoms with Gasteiger partial charge in [-0.05, 0) is 44.4 Å². The van der Waals surface area contributed by atoms with Gasteiger partial charge >= 0.3 is 6.09 Å². The molecule has 0 saturated heterocycles. The van der Waals surface area contributed by atoms with E-state index >= 15 is 0 Å². The predicted octanol–water partition coefficient (Wildman–Crippen LogP) is 4.35. The summed E-state index contributed by atoms with van der Waals surface area (Å²) < 4.78 is 5.19. The van der Waals surface area contributed by atoms with E-state index in [9.17, 15) is 9.59 Å². The Kier molecular flexibility index (Phi) is 4.82. The van der Waals surface area contributed by atoms with Crippen molar-refractivity contribution in [3.63, 3.8) is 0 Å². The molecule has 0 unspecified atom stereocenters. The molecule has 0 radical (unpaired) electrons. The number of hydrogen-bond acceptors (Lipinski definition) is 4. The number of carbonyl (C=O) groups is 2. The Morgan fingerprint density at radius 1 is 1.05 bits per heavy atom. The summed E-state index contributed by atoms with van der Waals surface area (Å²) in [5, 5.41) is 7.60. The summed E-state index contributed by atoms with van der Waals surface area (Å²) in [6, 6.07) is 10.8. The molecule has 0 bridgehead atoms. The molecule has 116 valence electrons. The van der Waals surface area contributed by atoms with Gasteiger partial charge in [0.25, 0.3) is 5.91 Å². The molecule has 2 N–H and O–H groups in total. The molecular formula is C16H18N2O3S. The predicted molar refractivity (Wildman–Crippen MR) is 88.6 cm³/mol. The average molecular weight is 318 g/mol. The molecule has 0 fully saturated rings. The number of benzene rings is 1. The molecule has 2 amide bonds. The van der Waals surface area contributed by atoms with E-state index in [1.807, 2.05) is 18.2 Å². The number of rotatable bonds is 3. The molecule has 0 aliphatic rings. The van der Waals surface area contributed by atoms with Crippen LogP contribution in [0.15, 0.2) is 41.8 Å². The van der Waals surface area contributed by atoms with Gasteiger partial charge in [-0.25, -0.2) is 4.79 Å². The van der Waals surface area contributed by atoms with Crippen molar-refractivity contribution in [1.82, 2.24) is 0 Å². The minimum atomic E-state index is -0.589. The smallest absolute Gasteiger partial charge is 0.412 e. The Labute approximate surface area is 133 Å². The van der Waals surface area contributed by atoms with Crippen molar-refractivity contribution in [3.05, 3.63) is 47.3 Å². The highest BCUT2D eigenvalue weighted by Gasteiger charge is 2.19. The van der Waals surface area contributed by atoms with Crippen LogP contribution >= 0.6 is 11.3 Å². The van der Waals surface area contributed by atoms with Gasteiger partial charge < -0.3 is 10.1 Å². The van der Waals surface area contributed by atoms with Crippen LogP contribution in [-0.4, -0.2) is 17.6 Å². The molecular weight excluding hydrogens is 300 g/mol. The van der Waals surface area contributed by atoms with E-state index in [4.69, 9.17) is 4.74 Å². The number of amides is 2. The van der Waals surface area contributed by atoms with Crippen LogP contribution in [-0.2, 0) is 4.74 Å². The largest absolute Gasteiger partial charge is 0.444 e. The lowest BCUT2D eigenvalue weighted by molar-refractivity contribution is 0.0636. The second-order valence-corrected chi connectivity index (χ2v) is 6.53. The lowest BCUT2D eigenvalue weighted by Gasteiger charge is -2.19. The van der Waals surface area contributed by atoms with Crippen LogP contribution in [0.5, 0.6) is 0 Å². The van der Waals surface area contributed by atoms with Crippen molar-refractivity contribution < 1.29 is 14.3 Å². The first-order valence-corrected chi connectivity index (χ1v) is 7.67. The summed E-state index contributed by atoms with van der Waals surface area (Å²) in [5.74, 6) is -0.279. The fourth-order valence-corrected chi connectivity index (χ4v) is 2.47. The van der Waals surface area contributed by atoms with Crippen LogP contribution in [0.4, 0.5) is 15.5 Å². The van der Waals surface area contributed by atoms with Crippen molar-refractivity contribution >= 4 is 34.0 Å². The third-order valence-electron chi connectivity index (χ3n) is 2.56. The van der Waals surface area contributed by atoms with E-state index in [2.05, 4.69) is 10.6 Å². The standard InChI is InChI=1S/C16H18N2O3S/c1-16(2,3)21-15(20)18-14-12(9-10-22-14)13(19)17-11-7-5-4-6-8-11/h4-10H,1-3H3,(H,17,19)(H,18,20). The monoisotopic (exact) mass is 318 g/mol. The van der Waals surface area contributed by atoms with Gasteiger partial charge in [-0.3, -0.25) is 10.1 Å². The molecule has 0 aliphatic carbocycles. The summed E-state index contributed by atoms with van der Waals surface area (Å²) in [4.78, 5) is 24.1. The van der Waals surface area contributed by atoms with Crippen LogP contribution in [0.2, 0.25) is 0 Å². The van der Waals surface area contributed by atoms with E-state index in [-0.39, 0.29) is 5.91 Å². The topological polar surface area (TPSA) is 67.4 Å². The second kappa shape index (κ2) is 6.62. The fraction of sp³-hybridized carbons (Fsp3) is 0.250. The van der Waals surface area contributed by atoms with Crippen LogP contribution in [0, 0.1) is 0 Å². The number of carbonyl (C=O) groups excluding carboxylic acids is 2. The fourth-order valence-electron chi connectivity index (χ4n) is 1.70. The Morgan fingerprint density at radius 2 is 1.73 bits per heavy atom. The molecule has 2 rings (SSSR count). The number of thiophene rings is 1. The van der Waals surface area contributed by atoms with Crippen molar-refractivity contribution in [1.29, 1.82) is 0 Å². The number of hydrogen-bond donors (Lipinski definition) is 2. The van der Waals surface area contributed by atoms with Gasteiger partial charge in [0.2, 0.25) is 0 Å². The van der Waals surface area contributed by atoms with E-state index < -0.39 is 11.7 Å². The lowest BCUT2D eigenvalue weighted by atomic mass is 10.2. The molecule has 1 heterocycles. The summed E-state index contributed by atoms with van der Waals surface area (Å²) in [5.41, 5.74) is 0.509. The van der Waals surface area contributed by atoms with Crippen LogP contribution in [0.3, 0.4) is 0 Å². The van der Waals surface area contributed by atoms with Crippen molar-refractivity contribution in [3.8, 4) is 0 Å². The van der Waals surface area contributed by atoms with Crippen LogP contribution < -0.4 is 10.6 Å². The molecule has 1 aromatic carbocycles. The molecule has 0 atom stereocenters. The Balaban J connectivity index is 2.06. The highest BCUT2D eigenvalue weighted by molar-refractivity contribution is 7.14. The molecule has 6 heteroatoms. The van der Waals surface area contributed by atoms with Gasteiger partial charge in [-0.15, -0.1) is 11.3 Å². The first-order chi connectivity index (χ1) is 10.3. The normalized spacial score (nSPS) is 10.9. The van der Waals surface area contributed by atoms with Gasteiger partial charge in [0.15, 0.2) is 0 Å². The molecule has 0 spiro atoms. The molecule has 1 aromatic heterocycles. The number of ether oxygens (including phenoxy) is 1. The first kappa shape index (κ1) is 16.0. The zero-order valence-corrected chi connectivity index (χ0v) is 13.5. The van der Waals surface area contributed by atoms with Gasteiger partial charge in [0, 0.05) is 5.69 Å². The van der Waals surface area contributed by atoms with Crippen LogP contribution in [0.1, 0.15) is 31.1 Å². The van der Waals surface area contributed by atoms with E-state index in [0.717, 1.165) is 0 Å². The summed E-state index contributed by atoms with van der Waals surface area (Å²) in [6.45, 7) is 5.35. The molecule has 2 aromatic rings. The Morgan fingerprint density at radius 3 is 2.36 bits per heavy atom. The third kappa shape index (κ3) is 4.60. The lowest BCUT2D eigenvalue weighted by Crippen LogP contribution is -2.27. The summed E-state index contributed by atoms with van der Waals surface area (Å²) in [7, 11) is 0. The number of anilines is 2. The van der Waals surface area contributed by atoms with Gasteiger partial charge in [-0.1, -0.05) is 18.2 Å². The van der Waals surface area contributed by atoms with Crippen molar-refractivity contribution in [2.24, 2.45) is 0 Å². The Hall–Kier alpha value is -2.34. The van der Waals surface area contributed by atoms with Gasteiger partial charge in [0.1, 0.15) is 10.6 Å². The van der Waals surface area contributed by atoms with Gasteiger partial charge in [0.05, 0.1) is 5.56 Å². The maximum Gasteiger partial charge on any atom is 0.412 e. The van der Waals surface area contributed by atoms with E-state index in [1.165, 1.54) is 11.3 Å². The summed E-state index contributed by atoms with van der Waals surface area (Å²) in [6.07, 6.45) is -0.580. The summed E-state index contributed by atoms with van der Waals surface area (Å²) >= 11 is 1.27. The zero-order valence-electron chi connectivity index (χ0n) is 12.7. The molecule has 0 aliphatic heterocycles. The zero-order chi connectivity index (χ0) is 16.2. The minimum absolute atomic E-state index is 0.279. The van der Waals surface area contributed by atoms with E-state index in [0.29, 0.717) is 16.3 Å². The maximum atomic E-state index is 12.3. The second-order valence-electron chi connectivity index (χ2n) is 5.61. The third-order valence-corrected chi connectivity index (χ3v) is 3.39. The van der Waals surface area contributed by atoms with Crippen molar-refractivity contribution in [2.75, 3.05) is 10.6 Å². The van der Waals surface area contributed by atoms with Crippen LogP contribution in [0.25, 0.3) is 0 Å². The highest BCUT2D eigenvalue weighted by Crippen LogP contribution is 2.25. The van der Waals surface area contributed by atoms with Gasteiger partial charge in [-0.2, -0.15) is 0 Å². The molecule has 22 heavy (non-hydrogen) atoms. The van der Waals surface area contributed by atoms with E-state index in [1.54, 1.807) is 44.4 Å². The molecule has 5 nitrogen and oxygen atoms in total. The highest BCUT2D eigenvalue weighted by atomic mass is 32.1. The maximum absolute atomic E-state index is 12.3. The van der Waals surface area contributed by atoms with Crippen molar-refractivity contribution in [2.45, 2.75) is 26.4 Å². The minimum Gasteiger partial charge on any atom is -0.444 e. The average Bonchev–Trinajstić information content (AvgIpc) is 2.85. The number of para-hydroxylation sites is 1. The molecule has 0 saturated carbocycles. The number of nitrogens with one attached hydrogen (secondary N) is 2.